The minimum atomic E-state index is -1.28. The summed E-state index contributed by atoms with van der Waals surface area (Å²) in [5.74, 6) is 0. The average molecular weight is 224 g/mol. The summed E-state index contributed by atoms with van der Waals surface area (Å²) in [6, 6.07) is 1.26. The molecule has 0 saturated heterocycles. The molecule has 0 spiro atoms. The first-order valence-electron chi connectivity index (χ1n) is 4.71. The Morgan fingerprint density at radius 2 is 2.31 bits per heavy atom. The van der Waals surface area contributed by atoms with Crippen molar-refractivity contribution in [3.63, 3.8) is 0 Å². The Morgan fingerprint density at radius 1 is 1.56 bits per heavy atom. The summed E-state index contributed by atoms with van der Waals surface area (Å²) in [6.07, 6.45) is 0.460. The maximum atomic E-state index is 11.3. The van der Waals surface area contributed by atoms with Crippen LogP contribution in [0.4, 0.5) is 0 Å². The summed E-state index contributed by atoms with van der Waals surface area (Å²) < 4.78 is 0. The van der Waals surface area contributed by atoms with Crippen molar-refractivity contribution in [2.75, 3.05) is 6.54 Å². The van der Waals surface area contributed by atoms with Crippen LogP contribution in [-0.4, -0.2) is 27.8 Å². The van der Waals surface area contributed by atoms with E-state index in [1.165, 1.54) is 18.5 Å². The molecule has 7 nitrogen and oxygen atoms in total. The molecule has 86 valence electrons. The van der Waals surface area contributed by atoms with Crippen molar-refractivity contribution in [3.8, 4) is 0 Å². The first kappa shape index (κ1) is 12.3. The van der Waals surface area contributed by atoms with Gasteiger partial charge in [-0.15, -0.1) is 0 Å². The van der Waals surface area contributed by atoms with Gasteiger partial charge in [0.15, 0.2) is 5.43 Å². The van der Waals surface area contributed by atoms with Gasteiger partial charge in [-0.1, -0.05) is 5.11 Å². The number of aromatic nitrogens is 1. The molecule has 0 aliphatic heterocycles. The predicted octanol–water partition coefficient (Wildman–Crippen LogP) is 0.470. The lowest BCUT2D eigenvalue weighted by Crippen LogP contribution is -2.24. The van der Waals surface area contributed by atoms with E-state index in [9.17, 15) is 15.0 Å². The van der Waals surface area contributed by atoms with Gasteiger partial charge in [0.1, 0.15) is 6.10 Å². The summed E-state index contributed by atoms with van der Waals surface area (Å²) in [5, 5.41) is 22.4. The SMILES string of the molecule is [N-]=[N+]=NCCC(O)C(O)c1c[nH]ccc1=O. The highest BCUT2D eigenvalue weighted by Gasteiger charge is 2.19. The normalized spacial score (nSPS) is 13.9. The van der Waals surface area contributed by atoms with Gasteiger partial charge in [-0.25, -0.2) is 0 Å². The fraction of sp³-hybridized carbons (Fsp3) is 0.444. The second-order valence-electron chi connectivity index (χ2n) is 3.22. The topological polar surface area (TPSA) is 122 Å². The van der Waals surface area contributed by atoms with Gasteiger partial charge in [0.05, 0.1) is 6.10 Å². The Morgan fingerprint density at radius 3 is 2.94 bits per heavy atom. The van der Waals surface area contributed by atoms with Crippen LogP contribution >= 0.6 is 0 Å². The number of aromatic amines is 1. The van der Waals surface area contributed by atoms with Gasteiger partial charge < -0.3 is 15.2 Å². The van der Waals surface area contributed by atoms with Gasteiger partial charge in [-0.05, 0) is 12.0 Å². The zero-order chi connectivity index (χ0) is 12.0. The molecule has 0 aromatic carbocycles. The minimum absolute atomic E-state index is 0.0689. The lowest BCUT2D eigenvalue weighted by Gasteiger charge is -2.16. The summed E-state index contributed by atoms with van der Waals surface area (Å²) in [4.78, 5) is 16.5. The predicted molar refractivity (Wildman–Crippen MR) is 56.7 cm³/mol. The first-order valence-corrected chi connectivity index (χ1v) is 4.71. The van der Waals surface area contributed by atoms with Crippen molar-refractivity contribution in [3.05, 3.63) is 44.7 Å². The molecule has 0 bridgehead atoms. The molecule has 16 heavy (non-hydrogen) atoms. The van der Waals surface area contributed by atoms with Gasteiger partial charge in [-0.3, -0.25) is 4.79 Å². The number of H-pyrrole nitrogens is 1. The summed E-state index contributed by atoms with van der Waals surface area (Å²) in [6.45, 7) is 0.0689. The van der Waals surface area contributed by atoms with E-state index in [1.807, 2.05) is 0 Å². The number of hydrogen-bond acceptors (Lipinski definition) is 4. The van der Waals surface area contributed by atoms with Gasteiger partial charge >= 0.3 is 0 Å². The van der Waals surface area contributed by atoms with E-state index in [0.717, 1.165) is 0 Å². The molecule has 0 amide bonds. The van der Waals surface area contributed by atoms with Crippen LogP contribution in [0, 0.1) is 0 Å². The maximum absolute atomic E-state index is 11.3. The molecule has 1 rings (SSSR count). The molecule has 1 aromatic heterocycles. The summed E-state index contributed by atoms with van der Waals surface area (Å²) in [5.41, 5.74) is 7.78. The molecule has 3 N–H and O–H groups in total. The Labute approximate surface area is 91.0 Å². The van der Waals surface area contributed by atoms with Crippen LogP contribution in [0.2, 0.25) is 0 Å². The number of azide groups is 1. The number of nitrogens with zero attached hydrogens (tertiary/aromatic N) is 3. The lowest BCUT2D eigenvalue weighted by molar-refractivity contribution is 0.0142. The zero-order valence-corrected chi connectivity index (χ0v) is 8.45. The average Bonchev–Trinajstić information content (AvgIpc) is 2.29. The van der Waals surface area contributed by atoms with E-state index in [4.69, 9.17) is 5.53 Å². The standard InChI is InChI=1S/C9H12N4O3/c10-13-12-4-2-8(15)9(16)6-5-11-3-1-7(6)14/h1,3,5,8-9,15-16H,2,4H2,(H,11,14). The molecule has 0 fully saturated rings. The molecule has 0 radical (unpaired) electrons. The number of nitrogens with one attached hydrogen (secondary N) is 1. The first-order chi connectivity index (χ1) is 7.66. The molecule has 0 saturated carbocycles. The van der Waals surface area contributed by atoms with E-state index < -0.39 is 12.2 Å². The molecule has 1 heterocycles. The summed E-state index contributed by atoms with van der Waals surface area (Å²) >= 11 is 0. The van der Waals surface area contributed by atoms with Crippen LogP contribution in [0.3, 0.4) is 0 Å². The van der Waals surface area contributed by atoms with E-state index in [-0.39, 0.29) is 24.0 Å². The van der Waals surface area contributed by atoms with Crippen molar-refractivity contribution in [2.45, 2.75) is 18.6 Å². The second-order valence-corrected chi connectivity index (χ2v) is 3.22. The second kappa shape index (κ2) is 5.92. The van der Waals surface area contributed by atoms with Crippen LogP contribution in [0.5, 0.6) is 0 Å². The Hall–Kier alpha value is -1.82. The molecular formula is C9H12N4O3. The van der Waals surface area contributed by atoms with Crippen molar-refractivity contribution >= 4 is 0 Å². The minimum Gasteiger partial charge on any atom is -0.390 e. The van der Waals surface area contributed by atoms with Crippen LogP contribution in [0.1, 0.15) is 18.1 Å². The Kier molecular flexibility index (Phi) is 4.53. The zero-order valence-electron chi connectivity index (χ0n) is 8.45. The van der Waals surface area contributed by atoms with Gasteiger partial charge in [-0.2, -0.15) is 0 Å². The Bertz CT molecular complexity index is 438. The van der Waals surface area contributed by atoms with Crippen LogP contribution < -0.4 is 5.43 Å². The fourth-order valence-corrected chi connectivity index (χ4v) is 1.26. The third kappa shape index (κ3) is 3.09. The van der Waals surface area contributed by atoms with Gasteiger partial charge in [0, 0.05) is 35.5 Å². The number of rotatable bonds is 5. The largest absolute Gasteiger partial charge is 0.390 e. The number of pyridine rings is 1. The quantitative estimate of drug-likeness (QED) is 0.382. The molecule has 2 atom stereocenters. The van der Waals surface area contributed by atoms with Crippen LogP contribution in [-0.2, 0) is 0 Å². The highest BCUT2D eigenvalue weighted by molar-refractivity contribution is 5.13. The van der Waals surface area contributed by atoms with E-state index in [2.05, 4.69) is 15.0 Å². The highest BCUT2D eigenvalue weighted by Crippen LogP contribution is 2.14. The number of hydrogen-bond donors (Lipinski definition) is 3. The third-order valence-electron chi connectivity index (χ3n) is 2.13. The Balaban J connectivity index is 2.70. The molecular weight excluding hydrogens is 212 g/mol. The monoisotopic (exact) mass is 224 g/mol. The molecule has 1 aromatic rings. The van der Waals surface area contributed by atoms with E-state index in [0.29, 0.717) is 0 Å². The maximum Gasteiger partial charge on any atom is 0.187 e. The van der Waals surface area contributed by atoms with Crippen LogP contribution in [0.15, 0.2) is 28.4 Å². The molecule has 0 aliphatic carbocycles. The molecule has 0 aliphatic rings. The number of aliphatic hydroxyl groups is 2. The van der Waals surface area contributed by atoms with Crippen molar-refractivity contribution in [2.24, 2.45) is 5.11 Å². The van der Waals surface area contributed by atoms with Crippen molar-refractivity contribution in [1.82, 2.24) is 4.98 Å². The van der Waals surface area contributed by atoms with E-state index >= 15 is 0 Å². The third-order valence-corrected chi connectivity index (χ3v) is 2.13. The molecule has 2 unspecified atom stereocenters. The number of aliphatic hydroxyl groups excluding tert-OH is 2. The van der Waals surface area contributed by atoms with E-state index in [1.54, 1.807) is 0 Å². The fourth-order valence-electron chi connectivity index (χ4n) is 1.26. The van der Waals surface area contributed by atoms with Gasteiger partial charge in [0.2, 0.25) is 0 Å². The van der Waals surface area contributed by atoms with Crippen molar-refractivity contribution < 1.29 is 10.2 Å². The summed E-state index contributed by atoms with van der Waals surface area (Å²) in [7, 11) is 0. The smallest absolute Gasteiger partial charge is 0.187 e. The highest BCUT2D eigenvalue weighted by atomic mass is 16.3. The molecule has 7 heteroatoms. The van der Waals surface area contributed by atoms with Crippen LogP contribution in [0.25, 0.3) is 10.4 Å². The van der Waals surface area contributed by atoms with Gasteiger partial charge in [0.25, 0.3) is 0 Å². The lowest BCUT2D eigenvalue weighted by atomic mass is 10.0. The van der Waals surface area contributed by atoms with Crippen molar-refractivity contribution in [1.29, 1.82) is 0 Å².